The van der Waals surface area contributed by atoms with Crippen LogP contribution in [-0.2, 0) is 14.3 Å². The summed E-state index contributed by atoms with van der Waals surface area (Å²) >= 11 is 0. The van der Waals surface area contributed by atoms with Crippen LogP contribution in [-0.4, -0.2) is 87.5 Å². The summed E-state index contributed by atoms with van der Waals surface area (Å²) in [5, 5.41) is 54.2. The number of carbonyl (C=O) groups excluding carboxylic acids is 1. The minimum absolute atomic E-state index is 0.176. The minimum Gasteiger partial charge on any atom is -0.394 e. The molecule has 1 amide bonds. The highest BCUT2D eigenvalue weighted by molar-refractivity contribution is 5.76. The largest absolute Gasteiger partial charge is 0.394 e. The Bertz CT molecular complexity index is 977. The lowest BCUT2D eigenvalue weighted by atomic mass is 9.99. The fourth-order valence-electron chi connectivity index (χ4n) is 7.97. The predicted molar refractivity (Wildman–Crippen MR) is 244 cm³/mol. The van der Waals surface area contributed by atoms with E-state index in [0.717, 1.165) is 38.5 Å². The van der Waals surface area contributed by atoms with Crippen LogP contribution in [0.3, 0.4) is 0 Å². The first kappa shape index (κ1) is 55.7. The predicted octanol–water partition coefficient (Wildman–Crippen LogP) is 11.1. The lowest BCUT2D eigenvalue weighted by Gasteiger charge is -2.40. The average molecular weight is 838 g/mol. The molecule has 0 spiro atoms. The molecule has 0 aromatic carbocycles. The van der Waals surface area contributed by atoms with Gasteiger partial charge in [0.05, 0.1) is 25.4 Å². The molecule has 9 heteroatoms. The van der Waals surface area contributed by atoms with Crippen molar-refractivity contribution >= 4 is 5.91 Å². The second-order valence-electron chi connectivity index (χ2n) is 17.6. The van der Waals surface area contributed by atoms with E-state index in [1.807, 2.05) is 6.08 Å². The van der Waals surface area contributed by atoms with E-state index >= 15 is 0 Å². The second-order valence-corrected chi connectivity index (χ2v) is 17.6. The Hall–Kier alpha value is -1.33. The highest BCUT2D eigenvalue weighted by atomic mass is 16.7. The van der Waals surface area contributed by atoms with Crippen LogP contribution in [0.4, 0.5) is 0 Å². The summed E-state index contributed by atoms with van der Waals surface area (Å²) in [6.45, 7) is 3.78. The third-order valence-electron chi connectivity index (χ3n) is 12.0. The number of ether oxygens (including phenoxy) is 2. The minimum atomic E-state index is -1.56. The summed E-state index contributed by atoms with van der Waals surface area (Å²) in [5.41, 5.74) is 0. The highest BCUT2D eigenvalue weighted by Crippen LogP contribution is 2.23. The molecule has 0 saturated carbocycles. The maximum Gasteiger partial charge on any atom is 0.220 e. The van der Waals surface area contributed by atoms with Crippen molar-refractivity contribution in [2.45, 2.75) is 275 Å². The molecule has 0 aliphatic carbocycles. The average Bonchev–Trinajstić information content (AvgIpc) is 3.23. The molecule has 59 heavy (non-hydrogen) atoms. The van der Waals surface area contributed by atoms with Crippen LogP contribution in [0.2, 0.25) is 0 Å². The molecule has 1 fully saturated rings. The Kier molecular flexibility index (Phi) is 38.4. The zero-order valence-electron chi connectivity index (χ0n) is 38.3. The van der Waals surface area contributed by atoms with Gasteiger partial charge in [-0.15, -0.1) is 0 Å². The molecular formula is C50H95NO8. The zero-order valence-corrected chi connectivity index (χ0v) is 38.3. The number of amides is 1. The smallest absolute Gasteiger partial charge is 0.220 e. The van der Waals surface area contributed by atoms with Crippen molar-refractivity contribution in [3.05, 3.63) is 24.3 Å². The van der Waals surface area contributed by atoms with E-state index in [1.165, 1.54) is 173 Å². The van der Waals surface area contributed by atoms with E-state index in [4.69, 9.17) is 9.47 Å². The van der Waals surface area contributed by atoms with Crippen molar-refractivity contribution < 1.29 is 39.8 Å². The van der Waals surface area contributed by atoms with E-state index < -0.39 is 49.5 Å². The van der Waals surface area contributed by atoms with Gasteiger partial charge in [0.1, 0.15) is 24.4 Å². The quantitative estimate of drug-likeness (QED) is 0.0263. The molecule has 7 atom stereocenters. The molecule has 1 rings (SSSR count). The molecule has 0 radical (unpaired) electrons. The van der Waals surface area contributed by atoms with Crippen molar-refractivity contribution in [3.63, 3.8) is 0 Å². The van der Waals surface area contributed by atoms with Gasteiger partial charge in [-0.25, -0.2) is 0 Å². The van der Waals surface area contributed by atoms with Crippen molar-refractivity contribution in [2.75, 3.05) is 13.2 Å². The molecule has 1 aliphatic rings. The summed E-state index contributed by atoms with van der Waals surface area (Å²) in [4.78, 5) is 13.0. The van der Waals surface area contributed by atoms with E-state index in [2.05, 4.69) is 31.3 Å². The first-order valence-corrected chi connectivity index (χ1v) is 25.1. The molecule has 9 nitrogen and oxygen atoms in total. The molecule has 1 aliphatic heterocycles. The van der Waals surface area contributed by atoms with Crippen molar-refractivity contribution in [1.82, 2.24) is 5.32 Å². The molecule has 348 valence electrons. The summed E-state index contributed by atoms with van der Waals surface area (Å²) in [6, 6.07) is -0.801. The lowest BCUT2D eigenvalue weighted by Crippen LogP contribution is -2.60. The van der Waals surface area contributed by atoms with Gasteiger partial charge in [-0.05, 0) is 44.9 Å². The lowest BCUT2D eigenvalue weighted by molar-refractivity contribution is -0.302. The van der Waals surface area contributed by atoms with Gasteiger partial charge < -0.3 is 40.3 Å². The fraction of sp³-hybridized carbons (Fsp3) is 0.900. The number of hydrogen-bond donors (Lipinski definition) is 6. The van der Waals surface area contributed by atoms with Gasteiger partial charge in [0.25, 0.3) is 0 Å². The number of aliphatic hydroxyl groups excluding tert-OH is 5. The number of unbranched alkanes of at least 4 members (excludes halogenated alkanes) is 30. The van der Waals surface area contributed by atoms with Gasteiger partial charge >= 0.3 is 0 Å². The third-order valence-corrected chi connectivity index (χ3v) is 12.0. The van der Waals surface area contributed by atoms with Crippen LogP contribution >= 0.6 is 0 Å². The molecular weight excluding hydrogens is 743 g/mol. The van der Waals surface area contributed by atoms with Crippen LogP contribution in [0.25, 0.3) is 0 Å². The molecule has 1 saturated heterocycles. The maximum atomic E-state index is 13.0. The van der Waals surface area contributed by atoms with Crippen LogP contribution in [0.5, 0.6) is 0 Å². The number of carbonyl (C=O) groups is 1. The summed E-state index contributed by atoms with van der Waals surface area (Å²) in [5.74, 6) is -0.176. The molecule has 0 unspecified atom stereocenters. The van der Waals surface area contributed by atoms with E-state index in [1.54, 1.807) is 6.08 Å². The molecule has 0 aromatic rings. The Labute approximate surface area is 362 Å². The van der Waals surface area contributed by atoms with Crippen LogP contribution < -0.4 is 5.32 Å². The van der Waals surface area contributed by atoms with Crippen molar-refractivity contribution in [1.29, 1.82) is 0 Å². The Morgan fingerprint density at radius 3 is 1.37 bits per heavy atom. The van der Waals surface area contributed by atoms with Gasteiger partial charge in [0.2, 0.25) is 5.91 Å². The summed E-state index contributed by atoms with van der Waals surface area (Å²) < 4.78 is 11.2. The van der Waals surface area contributed by atoms with E-state index in [0.29, 0.717) is 6.42 Å². The Morgan fingerprint density at radius 1 is 0.559 bits per heavy atom. The van der Waals surface area contributed by atoms with Gasteiger partial charge in [-0.3, -0.25) is 4.79 Å². The second kappa shape index (κ2) is 40.7. The van der Waals surface area contributed by atoms with Crippen molar-refractivity contribution in [2.24, 2.45) is 0 Å². The number of rotatable bonds is 42. The summed E-state index contributed by atoms with van der Waals surface area (Å²) in [6.07, 6.45) is 42.3. The Balaban J connectivity index is 2.25. The van der Waals surface area contributed by atoms with Gasteiger partial charge in [0, 0.05) is 6.42 Å². The van der Waals surface area contributed by atoms with Crippen LogP contribution in [0, 0.1) is 0 Å². The molecule has 6 N–H and O–H groups in total. The standard InChI is InChI=1S/C50H95NO8/c1-3-5-7-9-11-13-15-17-18-19-20-21-22-23-24-25-26-28-30-32-34-36-38-40-46(54)51-43(42-58-50-49(57)48(56)47(55)45(41-52)59-50)44(53)39-37-35-33-31-29-27-16-14-12-10-8-6-4-2/h17-18,37,39,43-45,47-50,52-53,55-57H,3-16,19-36,38,40-42H2,1-2H3,(H,51,54)/t43-,44+,45+,47+,48-,49+,50+/m0/s1. The monoisotopic (exact) mass is 838 g/mol. The third kappa shape index (κ3) is 31.2. The van der Waals surface area contributed by atoms with E-state index in [-0.39, 0.29) is 12.5 Å². The Morgan fingerprint density at radius 2 is 0.949 bits per heavy atom. The van der Waals surface area contributed by atoms with Gasteiger partial charge in [-0.1, -0.05) is 205 Å². The number of aliphatic hydroxyl groups is 5. The van der Waals surface area contributed by atoms with Gasteiger partial charge in [0.15, 0.2) is 6.29 Å². The van der Waals surface area contributed by atoms with Crippen LogP contribution in [0.1, 0.15) is 232 Å². The molecule has 1 heterocycles. The number of allylic oxidation sites excluding steroid dienone is 3. The number of nitrogens with one attached hydrogen (secondary N) is 1. The van der Waals surface area contributed by atoms with Crippen LogP contribution in [0.15, 0.2) is 24.3 Å². The van der Waals surface area contributed by atoms with E-state index in [9.17, 15) is 30.3 Å². The first-order chi connectivity index (χ1) is 28.8. The molecule has 0 bridgehead atoms. The molecule has 0 aromatic heterocycles. The normalized spacial score (nSPS) is 20.8. The SMILES string of the molecule is CCCCCCCCC=CCCCCCCCCCCCCCCCC(=O)N[C@@H](CO[C@@H]1O[C@H](CO)[C@@H](O)[C@H](O)[C@H]1O)[C@H](O)C=CCCCCCCCCCCCCC. The van der Waals surface area contributed by atoms with Crippen molar-refractivity contribution in [3.8, 4) is 0 Å². The first-order valence-electron chi connectivity index (χ1n) is 25.1. The highest BCUT2D eigenvalue weighted by Gasteiger charge is 2.44. The zero-order chi connectivity index (χ0) is 43.0. The topological polar surface area (TPSA) is 149 Å². The summed E-state index contributed by atoms with van der Waals surface area (Å²) in [7, 11) is 0. The number of hydrogen-bond acceptors (Lipinski definition) is 8. The fourth-order valence-corrected chi connectivity index (χ4v) is 7.97. The van der Waals surface area contributed by atoms with Gasteiger partial charge in [-0.2, -0.15) is 0 Å². The maximum absolute atomic E-state index is 13.0.